The second kappa shape index (κ2) is 8.99. The van der Waals surface area contributed by atoms with E-state index in [1.807, 2.05) is 23.7 Å². The van der Waals surface area contributed by atoms with Crippen LogP contribution in [0.5, 0.6) is 0 Å². The first kappa shape index (κ1) is 23.3. The predicted molar refractivity (Wildman–Crippen MR) is 132 cm³/mol. The molecule has 2 aromatic carbocycles. The second-order valence-electron chi connectivity index (χ2n) is 9.24. The molecule has 5 rings (SSSR count). The largest absolute Gasteiger partial charge is 0.381 e. The van der Waals surface area contributed by atoms with Crippen LogP contribution in [-0.2, 0) is 4.74 Å². The van der Waals surface area contributed by atoms with Crippen LogP contribution < -0.4 is 4.90 Å². The van der Waals surface area contributed by atoms with E-state index in [2.05, 4.69) is 13.8 Å². The van der Waals surface area contributed by atoms with Crippen molar-refractivity contribution < 1.29 is 13.9 Å². The number of ether oxygens (including phenoxy) is 1. The zero-order chi connectivity index (χ0) is 24.1. The Morgan fingerprint density at radius 1 is 1.15 bits per heavy atom. The Labute approximate surface area is 208 Å². The quantitative estimate of drug-likeness (QED) is 0.392. The maximum Gasteiger partial charge on any atom is 0.280 e. The molecular formula is C26H26Cl2FN3O2. The van der Waals surface area contributed by atoms with Gasteiger partial charge < -0.3 is 4.74 Å². The number of anilines is 1. The number of amides is 1. The molecule has 1 fully saturated rings. The van der Waals surface area contributed by atoms with E-state index in [0.29, 0.717) is 23.9 Å². The van der Waals surface area contributed by atoms with Crippen LogP contribution in [-0.4, -0.2) is 28.9 Å². The summed E-state index contributed by atoms with van der Waals surface area (Å²) in [6.45, 7) is 7.49. The van der Waals surface area contributed by atoms with Crippen molar-refractivity contribution in [2.45, 2.75) is 51.6 Å². The third-order valence-electron chi connectivity index (χ3n) is 6.74. The Morgan fingerprint density at radius 3 is 2.56 bits per heavy atom. The molecule has 0 bridgehead atoms. The molecule has 3 aromatic rings. The van der Waals surface area contributed by atoms with Gasteiger partial charge in [0.15, 0.2) is 11.5 Å². The number of aryl methyl sites for hydroxylation is 1. The highest BCUT2D eigenvalue weighted by Crippen LogP contribution is 2.47. The predicted octanol–water partition coefficient (Wildman–Crippen LogP) is 6.86. The zero-order valence-corrected chi connectivity index (χ0v) is 20.8. The molecule has 1 aromatic heterocycles. The fourth-order valence-corrected chi connectivity index (χ4v) is 5.60. The molecule has 178 valence electrons. The molecule has 0 saturated carbocycles. The van der Waals surface area contributed by atoms with Crippen LogP contribution in [0.2, 0.25) is 10.0 Å². The molecule has 5 nitrogen and oxygen atoms in total. The highest BCUT2D eigenvalue weighted by atomic mass is 35.5. The number of halogens is 3. The van der Waals surface area contributed by atoms with Gasteiger partial charge in [0.05, 0.1) is 22.8 Å². The number of fused-ring (bicyclic) bond motifs is 1. The van der Waals surface area contributed by atoms with Crippen LogP contribution in [0.25, 0.3) is 0 Å². The number of rotatable bonds is 4. The molecular weight excluding hydrogens is 476 g/mol. The van der Waals surface area contributed by atoms with Gasteiger partial charge in [-0.2, -0.15) is 5.10 Å². The maximum atomic E-state index is 15.3. The highest BCUT2D eigenvalue weighted by Gasteiger charge is 2.46. The minimum absolute atomic E-state index is 0.0298. The van der Waals surface area contributed by atoms with Gasteiger partial charge in [0.25, 0.3) is 5.91 Å². The monoisotopic (exact) mass is 501 g/mol. The molecule has 0 aliphatic carbocycles. The number of aromatic nitrogens is 2. The van der Waals surface area contributed by atoms with E-state index in [1.54, 1.807) is 18.2 Å². The van der Waals surface area contributed by atoms with E-state index in [-0.39, 0.29) is 28.6 Å². The molecule has 2 aliphatic rings. The molecule has 2 aliphatic heterocycles. The van der Waals surface area contributed by atoms with Gasteiger partial charge in [-0.25, -0.2) is 4.39 Å². The van der Waals surface area contributed by atoms with Crippen LogP contribution in [0.4, 0.5) is 10.1 Å². The summed E-state index contributed by atoms with van der Waals surface area (Å²) in [7, 11) is 0. The van der Waals surface area contributed by atoms with E-state index in [9.17, 15) is 4.79 Å². The fourth-order valence-electron chi connectivity index (χ4n) is 5.20. The van der Waals surface area contributed by atoms with Crippen molar-refractivity contribution in [3.63, 3.8) is 0 Å². The lowest BCUT2D eigenvalue weighted by Crippen LogP contribution is -2.32. The van der Waals surface area contributed by atoms with Crippen molar-refractivity contribution in [2.75, 3.05) is 18.1 Å². The first-order valence-corrected chi connectivity index (χ1v) is 12.3. The summed E-state index contributed by atoms with van der Waals surface area (Å²) in [5.74, 6) is -0.850. The summed E-state index contributed by atoms with van der Waals surface area (Å²) in [5.41, 5.74) is 4.13. The first-order chi connectivity index (χ1) is 16.3. The van der Waals surface area contributed by atoms with Crippen molar-refractivity contribution in [2.24, 2.45) is 0 Å². The average Bonchev–Trinajstić information content (AvgIpc) is 3.32. The topological polar surface area (TPSA) is 47.4 Å². The number of hydrogen-bond donors (Lipinski definition) is 0. The SMILES string of the molecule is Cc1cc(Cl)ccc1C1c2c(nn(C3CCOCC3)c2C(C)C)C(=O)N1c1cccc(Cl)c1F. The van der Waals surface area contributed by atoms with Crippen LogP contribution in [0, 0.1) is 12.7 Å². The van der Waals surface area contributed by atoms with E-state index in [0.717, 1.165) is 35.2 Å². The molecule has 34 heavy (non-hydrogen) atoms. The van der Waals surface area contributed by atoms with Crippen LogP contribution in [0.15, 0.2) is 36.4 Å². The lowest BCUT2D eigenvalue weighted by molar-refractivity contribution is 0.0649. The average molecular weight is 502 g/mol. The summed E-state index contributed by atoms with van der Waals surface area (Å²) in [6.07, 6.45) is 1.68. The number of benzene rings is 2. The molecule has 0 spiro atoms. The fraction of sp³-hybridized carbons (Fsp3) is 0.385. The minimum atomic E-state index is -0.623. The van der Waals surface area contributed by atoms with Crippen molar-refractivity contribution in [1.29, 1.82) is 0 Å². The van der Waals surface area contributed by atoms with Gasteiger partial charge in [0.2, 0.25) is 0 Å². The Kier molecular flexibility index (Phi) is 6.17. The van der Waals surface area contributed by atoms with E-state index >= 15 is 4.39 Å². The molecule has 1 amide bonds. The normalized spacial score (nSPS) is 18.7. The molecule has 0 radical (unpaired) electrons. The zero-order valence-electron chi connectivity index (χ0n) is 19.3. The van der Waals surface area contributed by atoms with Crippen molar-refractivity contribution >= 4 is 34.8 Å². The molecule has 0 N–H and O–H groups in total. The molecule has 8 heteroatoms. The van der Waals surface area contributed by atoms with Gasteiger partial charge in [0, 0.05) is 29.5 Å². The maximum absolute atomic E-state index is 15.3. The van der Waals surface area contributed by atoms with Gasteiger partial charge in [-0.05, 0) is 61.1 Å². The minimum Gasteiger partial charge on any atom is -0.381 e. The Hall–Kier alpha value is -2.41. The lowest BCUT2D eigenvalue weighted by atomic mass is 9.91. The molecule has 1 unspecified atom stereocenters. The van der Waals surface area contributed by atoms with Gasteiger partial charge in [-0.3, -0.25) is 14.4 Å². The third-order valence-corrected chi connectivity index (χ3v) is 7.27. The van der Waals surface area contributed by atoms with Crippen LogP contribution >= 0.6 is 23.2 Å². The standard InChI is InChI=1S/C26H26Cl2FN3O2/c1-14(2)24-21-23(30-32(24)17-9-11-34-12-10-17)26(33)31(20-6-4-5-19(28)22(20)29)25(21)18-8-7-16(27)13-15(18)3/h4-8,13-14,17,25H,9-12H2,1-3H3. The van der Waals surface area contributed by atoms with Crippen molar-refractivity contribution in [1.82, 2.24) is 9.78 Å². The Morgan fingerprint density at radius 2 is 1.88 bits per heavy atom. The summed E-state index contributed by atoms with van der Waals surface area (Å²) in [6, 6.07) is 9.92. The number of hydrogen-bond acceptors (Lipinski definition) is 3. The lowest BCUT2D eigenvalue weighted by Gasteiger charge is -2.31. The smallest absolute Gasteiger partial charge is 0.280 e. The van der Waals surface area contributed by atoms with Crippen LogP contribution in [0.3, 0.4) is 0 Å². The van der Waals surface area contributed by atoms with E-state index < -0.39 is 11.9 Å². The third kappa shape index (κ3) is 3.72. The molecule has 1 atom stereocenters. The van der Waals surface area contributed by atoms with Crippen molar-refractivity contribution in [3.8, 4) is 0 Å². The summed E-state index contributed by atoms with van der Waals surface area (Å²) in [4.78, 5) is 15.4. The molecule has 1 saturated heterocycles. The summed E-state index contributed by atoms with van der Waals surface area (Å²) >= 11 is 12.4. The Bertz CT molecular complexity index is 1270. The van der Waals surface area contributed by atoms with Gasteiger partial charge in [-0.15, -0.1) is 0 Å². The summed E-state index contributed by atoms with van der Waals surface area (Å²) < 4.78 is 22.8. The van der Waals surface area contributed by atoms with E-state index in [1.165, 1.54) is 11.0 Å². The van der Waals surface area contributed by atoms with Gasteiger partial charge in [0.1, 0.15) is 0 Å². The van der Waals surface area contributed by atoms with Gasteiger partial charge >= 0.3 is 0 Å². The first-order valence-electron chi connectivity index (χ1n) is 11.5. The highest BCUT2D eigenvalue weighted by molar-refractivity contribution is 6.31. The molecule has 3 heterocycles. The Balaban J connectivity index is 1.76. The number of carbonyl (C=O) groups is 1. The van der Waals surface area contributed by atoms with Crippen LogP contribution in [0.1, 0.15) is 77.6 Å². The van der Waals surface area contributed by atoms with Gasteiger partial charge in [-0.1, -0.05) is 49.2 Å². The summed E-state index contributed by atoms with van der Waals surface area (Å²) in [5, 5.41) is 5.43. The van der Waals surface area contributed by atoms with Crippen molar-refractivity contribution in [3.05, 3.63) is 80.3 Å². The number of nitrogens with zero attached hydrogens (tertiary/aromatic N) is 3. The van der Waals surface area contributed by atoms with E-state index in [4.69, 9.17) is 33.0 Å². The number of carbonyl (C=O) groups excluding carboxylic acids is 1. The second-order valence-corrected chi connectivity index (χ2v) is 10.1.